The molecular formula is C17H16N2O2S. The lowest BCUT2D eigenvalue weighted by Gasteiger charge is -2.07. The lowest BCUT2D eigenvalue weighted by Crippen LogP contribution is -2.32. The van der Waals surface area contributed by atoms with Gasteiger partial charge in [0.05, 0.1) is 0 Å². The molecule has 0 fully saturated rings. The van der Waals surface area contributed by atoms with Crippen LogP contribution < -0.4 is 10.6 Å². The fourth-order valence-corrected chi connectivity index (χ4v) is 1.93. The quantitative estimate of drug-likeness (QED) is 0.463. The molecule has 0 aliphatic heterocycles. The van der Waals surface area contributed by atoms with E-state index in [1.54, 1.807) is 18.2 Å². The van der Waals surface area contributed by atoms with E-state index >= 15 is 0 Å². The summed E-state index contributed by atoms with van der Waals surface area (Å²) in [6, 6.07) is 14.2. The zero-order chi connectivity index (χ0) is 15.9. The third kappa shape index (κ3) is 5.03. The Hall–Kier alpha value is -2.66. The van der Waals surface area contributed by atoms with Gasteiger partial charge in [-0.3, -0.25) is 10.1 Å². The number of hydrogen-bond donors (Lipinski definition) is 3. The molecule has 112 valence electrons. The maximum absolute atomic E-state index is 11.8. The molecule has 0 aromatic heterocycles. The molecule has 0 saturated heterocycles. The number of carbonyl (C=O) groups excluding carboxylic acids is 1. The van der Waals surface area contributed by atoms with Crippen molar-refractivity contribution in [3.63, 3.8) is 0 Å². The maximum atomic E-state index is 11.8. The first-order valence-electron chi connectivity index (χ1n) is 6.69. The third-order valence-electron chi connectivity index (χ3n) is 2.87. The van der Waals surface area contributed by atoms with Crippen LogP contribution >= 0.6 is 12.2 Å². The van der Waals surface area contributed by atoms with Crippen molar-refractivity contribution < 1.29 is 9.90 Å². The van der Waals surface area contributed by atoms with Crippen molar-refractivity contribution in [3.8, 4) is 5.75 Å². The minimum absolute atomic E-state index is 0.168. The number of phenols is 1. The first-order chi connectivity index (χ1) is 10.5. The number of benzene rings is 2. The summed E-state index contributed by atoms with van der Waals surface area (Å²) in [5, 5.41) is 14.8. The summed E-state index contributed by atoms with van der Waals surface area (Å²) in [5.41, 5.74) is 2.80. The predicted octanol–water partition coefficient (Wildman–Crippen LogP) is 3.23. The van der Waals surface area contributed by atoms with Crippen molar-refractivity contribution in [2.24, 2.45) is 0 Å². The molecule has 2 aromatic rings. The van der Waals surface area contributed by atoms with Gasteiger partial charge < -0.3 is 10.4 Å². The number of carbonyl (C=O) groups is 1. The fourth-order valence-electron chi connectivity index (χ4n) is 1.71. The first kappa shape index (κ1) is 15.7. The largest absolute Gasteiger partial charge is 0.508 e. The van der Waals surface area contributed by atoms with E-state index in [9.17, 15) is 9.90 Å². The average Bonchev–Trinajstić information content (AvgIpc) is 2.49. The number of anilines is 1. The van der Waals surface area contributed by atoms with Crippen LogP contribution in [0.3, 0.4) is 0 Å². The van der Waals surface area contributed by atoms with Gasteiger partial charge in [0.1, 0.15) is 5.75 Å². The van der Waals surface area contributed by atoms with Crippen LogP contribution in [0.4, 0.5) is 5.69 Å². The van der Waals surface area contributed by atoms with E-state index in [2.05, 4.69) is 10.6 Å². The van der Waals surface area contributed by atoms with Gasteiger partial charge in [-0.15, -0.1) is 0 Å². The summed E-state index contributed by atoms with van der Waals surface area (Å²) in [7, 11) is 0. The van der Waals surface area contributed by atoms with Crippen LogP contribution in [0.2, 0.25) is 0 Å². The summed E-state index contributed by atoms with van der Waals surface area (Å²) in [6.07, 6.45) is 3.15. The fraction of sp³-hybridized carbons (Fsp3) is 0.0588. The molecule has 0 radical (unpaired) electrons. The molecule has 2 rings (SSSR count). The smallest absolute Gasteiger partial charge is 0.250 e. The SMILES string of the molecule is Cc1ccc(C=CC(=O)NC(=S)Nc2ccc(O)cc2)cc1. The molecular weight excluding hydrogens is 296 g/mol. The number of rotatable bonds is 3. The molecule has 22 heavy (non-hydrogen) atoms. The Balaban J connectivity index is 1.87. The van der Waals surface area contributed by atoms with Crippen LogP contribution in [-0.2, 0) is 4.79 Å². The molecule has 0 bridgehead atoms. The van der Waals surface area contributed by atoms with Gasteiger partial charge in [-0.2, -0.15) is 0 Å². The summed E-state index contributed by atoms with van der Waals surface area (Å²) in [6.45, 7) is 2.01. The molecule has 0 aliphatic rings. The van der Waals surface area contributed by atoms with Gasteiger partial charge in [0, 0.05) is 11.8 Å². The van der Waals surface area contributed by atoms with Crippen LogP contribution in [-0.4, -0.2) is 16.1 Å². The number of thiocarbonyl (C=S) groups is 1. The molecule has 1 amide bonds. The Morgan fingerprint density at radius 3 is 2.36 bits per heavy atom. The molecule has 2 aromatic carbocycles. The Labute approximate surface area is 134 Å². The minimum Gasteiger partial charge on any atom is -0.508 e. The van der Waals surface area contributed by atoms with Gasteiger partial charge in [-0.05, 0) is 55.0 Å². The van der Waals surface area contributed by atoms with E-state index in [1.807, 2.05) is 31.2 Å². The van der Waals surface area contributed by atoms with Gasteiger partial charge in [0.2, 0.25) is 5.91 Å². The van der Waals surface area contributed by atoms with Crippen LogP contribution in [0.25, 0.3) is 6.08 Å². The lowest BCUT2D eigenvalue weighted by atomic mass is 10.1. The van der Waals surface area contributed by atoms with E-state index in [4.69, 9.17) is 12.2 Å². The van der Waals surface area contributed by atoms with Gasteiger partial charge in [0.15, 0.2) is 5.11 Å². The van der Waals surface area contributed by atoms with Crippen molar-refractivity contribution in [1.82, 2.24) is 5.32 Å². The van der Waals surface area contributed by atoms with Crippen molar-refractivity contribution in [1.29, 1.82) is 0 Å². The van der Waals surface area contributed by atoms with E-state index in [-0.39, 0.29) is 16.8 Å². The third-order valence-corrected chi connectivity index (χ3v) is 3.07. The highest BCUT2D eigenvalue weighted by atomic mass is 32.1. The van der Waals surface area contributed by atoms with Crippen LogP contribution in [0.1, 0.15) is 11.1 Å². The van der Waals surface area contributed by atoms with Gasteiger partial charge in [-0.1, -0.05) is 29.8 Å². The molecule has 0 heterocycles. The van der Waals surface area contributed by atoms with E-state index < -0.39 is 0 Å². The zero-order valence-electron chi connectivity index (χ0n) is 12.0. The number of hydrogen-bond acceptors (Lipinski definition) is 3. The second-order valence-electron chi connectivity index (χ2n) is 4.73. The van der Waals surface area contributed by atoms with Crippen LogP contribution in [0, 0.1) is 6.92 Å². The van der Waals surface area contributed by atoms with Crippen molar-refractivity contribution in [3.05, 3.63) is 65.7 Å². The van der Waals surface area contributed by atoms with E-state index in [1.165, 1.54) is 23.8 Å². The highest BCUT2D eigenvalue weighted by Gasteiger charge is 2.01. The number of aromatic hydroxyl groups is 1. The van der Waals surface area contributed by atoms with Crippen LogP contribution in [0.5, 0.6) is 5.75 Å². The molecule has 0 aliphatic carbocycles. The van der Waals surface area contributed by atoms with Crippen molar-refractivity contribution in [2.75, 3.05) is 5.32 Å². The van der Waals surface area contributed by atoms with Gasteiger partial charge in [0.25, 0.3) is 0 Å². The summed E-state index contributed by atoms with van der Waals surface area (Å²) >= 11 is 5.05. The summed E-state index contributed by atoms with van der Waals surface area (Å²) in [5.74, 6) is -0.140. The number of phenolic OH excluding ortho intramolecular Hbond substituents is 1. The van der Waals surface area contributed by atoms with E-state index in [0.29, 0.717) is 5.69 Å². The van der Waals surface area contributed by atoms with Crippen LogP contribution in [0.15, 0.2) is 54.6 Å². The Morgan fingerprint density at radius 1 is 1.09 bits per heavy atom. The summed E-state index contributed by atoms with van der Waals surface area (Å²) < 4.78 is 0. The highest BCUT2D eigenvalue weighted by Crippen LogP contribution is 2.13. The number of aryl methyl sites for hydroxylation is 1. The maximum Gasteiger partial charge on any atom is 0.250 e. The topological polar surface area (TPSA) is 61.4 Å². The van der Waals surface area contributed by atoms with Gasteiger partial charge in [-0.25, -0.2) is 0 Å². The van der Waals surface area contributed by atoms with Crippen molar-refractivity contribution in [2.45, 2.75) is 6.92 Å². The molecule has 0 spiro atoms. The second-order valence-corrected chi connectivity index (χ2v) is 5.14. The van der Waals surface area contributed by atoms with Gasteiger partial charge >= 0.3 is 0 Å². The van der Waals surface area contributed by atoms with E-state index in [0.717, 1.165) is 5.56 Å². The Bertz CT molecular complexity index is 692. The predicted molar refractivity (Wildman–Crippen MR) is 92.7 cm³/mol. The first-order valence-corrected chi connectivity index (χ1v) is 7.09. The zero-order valence-corrected chi connectivity index (χ0v) is 12.9. The standard InChI is InChI=1S/C17H16N2O2S/c1-12-2-4-13(5-3-12)6-11-16(21)19-17(22)18-14-7-9-15(20)10-8-14/h2-11,20H,1H3,(H2,18,19,21,22). The molecule has 0 unspecified atom stereocenters. The highest BCUT2D eigenvalue weighted by molar-refractivity contribution is 7.80. The molecule has 5 heteroatoms. The molecule has 4 nitrogen and oxygen atoms in total. The molecule has 0 atom stereocenters. The number of nitrogens with one attached hydrogen (secondary N) is 2. The average molecular weight is 312 g/mol. The summed E-state index contributed by atoms with van der Waals surface area (Å²) in [4.78, 5) is 11.8. The second kappa shape index (κ2) is 7.38. The Kier molecular flexibility index (Phi) is 5.27. The number of amides is 1. The molecule has 3 N–H and O–H groups in total. The minimum atomic E-state index is -0.308. The molecule has 0 saturated carbocycles. The Morgan fingerprint density at radius 2 is 1.73 bits per heavy atom. The van der Waals surface area contributed by atoms with Crippen molar-refractivity contribution >= 4 is 35.0 Å². The monoisotopic (exact) mass is 312 g/mol. The normalized spacial score (nSPS) is 10.4. The lowest BCUT2D eigenvalue weighted by molar-refractivity contribution is -0.115.